The molecule has 1 aliphatic heterocycles. The minimum atomic E-state index is -3.24. The Balaban J connectivity index is 1.67. The van der Waals surface area contributed by atoms with Crippen LogP contribution >= 0.6 is 10.8 Å². The van der Waals surface area contributed by atoms with Crippen LogP contribution in [-0.2, 0) is 9.53 Å². The van der Waals surface area contributed by atoms with E-state index in [0.29, 0.717) is 37.5 Å². The van der Waals surface area contributed by atoms with Crippen molar-refractivity contribution >= 4 is 33.5 Å². The second-order valence-corrected chi connectivity index (χ2v) is 10.8. The van der Waals surface area contributed by atoms with Gasteiger partial charge in [0.15, 0.2) is 0 Å². The van der Waals surface area contributed by atoms with Gasteiger partial charge in [-0.05, 0) is 46.2 Å². The van der Waals surface area contributed by atoms with E-state index in [2.05, 4.69) is 10.3 Å². The van der Waals surface area contributed by atoms with Gasteiger partial charge in [-0.15, -0.1) is 10.8 Å². The zero-order valence-electron chi connectivity index (χ0n) is 18.9. The number of hydrogen-bond donors (Lipinski definition) is 3. The van der Waals surface area contributed by atoms with Crippen LogP contribution in [0.5, 0.6) is 0 Å². The van der Waals surface area contributed by atoms with Crippen molar-refractivity contribution in [2.24, 2.45) is 0 Å². The third-order valence-corrected chi connectivity index (χ3v) is 7.20. The highest BCUT2D eigenvalue weighted by atomic mass is 32.3. The first-order chi connectivity index (χ1) is 15.0. The first-order valence-corrected chi connectivity index (χ1v) is 12.1. The lowest BCUT2D eigenvalue weighted by Crippen LogP contribution is -2.49. The number of rotatable bonds is 4. The van der Waals surface area contributed by atoms with Gasteiger partial charge in [-0.25, -0.2) is 9.10 Å². The van der Waals surface area contributed by atoms with E-state index in [-0.39, 0.29) is 5.91 Å². The third-order valence-electron chi connectivity index (χ3n) is 5.17. The number of amides is 2. The van der Waals surface area contributed by atoms with Crippen LogP contribution in [0, 0.1) is 0 Å². The fourth-order valence-corrected chi connectivity index (χ4v) is 5.40. The van der Waals surface area contributed by atoms with E-state index >= 15 is 0 Å². The van der Waals surface area contributed by atoms with Gasteiger partial charge < -0.3 is 15.0 Å². The summed E-state index contributed by atoms with van der Waals surface area (Å²) in [5.41, 5.74) is -0.651. The molecule has 0 aliphatic carbocycles. The largest absolute Gasteiger partial charge is 0.444 e. The standard InChI is InChI=1S/C22H32N4O5S/c1-16(24-21(28)31-22(2,3)4)20(27)25-11-6-12-26(14-13-25)32(29,30)19-8-5-7-17-15-23-10-9-18(17)19/h5,7-10,15-16,29-30H,6,11-14H2,1-4H3,(H,24,28)/t16-/m1/s1. The second-order valence-electron chi connectivity index (χ2n) is 8.85. The molecule has 32 heavy (non-hydrogen) atoms. The molecule has 1 aliphatic rings. The van der Waals surface area contributed by atoms with E-state index in [1.807, 2.05) is 6.07 Å². The highest BCUT2D eigenvalue weighted by molar-refractivity contribution is 8.22. The normalized spacial score (nSPS) is 17.5. The fourth-order valence-electron chi connectivity index (χ4n) is 3.66. The summed E-state index contributed by atoms with van der Waals surface area (Å²) in [7, 11) is -3.24. The van der Waals surface area contributed by atoms with Crippen LogP contribution in [0.3, 0.4) is 0 Å². The van der Waals surface area contributed by atoms with Gasteiger partial charge in [0.1, 0.15) is 11.6 Å². The van der Waals surface area contributed by atoms with Gasteiger partial charge in [-0.2, -0.15) is 0 Å². The lowest BCUT2D eigenvalue weighted by Gasteiger charge is -2.43. The third kappa shape index (κ3) is 5.69. The molecule has 9 nitrogen and oxygen atoms in total. The van der Waals surface area contributed by atoms with Crippen LogP contribution in [0.4, 0.5) is 4.79 Å². The Morgan fingerprint density at radius 3 is 2.62 bits per heavy atom. The number of hydrogen-bond acceptors (Lipinski definition) is 7. The van der Waals surface area contributed by atoms with Crippen molar-refractivity contribution in [1.82, 2.24) is 19.5 Å². The maximum atomic E-state index is 12.9. The summed E-state index contributed by atoms with van der Waals surface area (Å²) >= 11 is 0. The molecule has 1 aromatic carbocycles. The highest BCUT2D eigenvalue weighted by Gasteiger charge is 2.31. The summed E-state index contributed by atoms with van der Waals surface area (Å²) in [5.74, 6) is -0.231. The maximum Gasteiger partial charge on any atom is 0.408 e. The van der Waals surface area contributed by atoms with E-state index < -0.39 is 28.5 Å². The van der Waals surface area contributed by atoms with E-state index in [1.165, 1.54) is 0 Å². The number of ether oxygens (including phenoxy) is 1. The van der Waals surface area contributed by atoms with Crippen LogP contribution in [0.2, 0.25) is 0 Å². The van der Waals surface area contributed by atoms with Gasteiger partial charge in [0.2, 0.25) is 5.91 Å². The quantitative estimate of drug-likeness (QED) is 0.632. The Hall–Kier alpha value is -2.40. The molecule has 10 heteroatoms. The first kappa shape index (κ1) is 24.2. The first-order valence-electron chi connectivity index (χ1n) is 10.6. The molecule has 2 aromatic rings. The molecule has 1 aromatic heterocycles. The number of benzene rings is 1. The zero-order chi connectivity index (χ0) is 23.5. The maximum absolute atomic E-state index is 12.9. The Labute approximate surface area is 190 Å². The van der Waals surface area contributed by atoms with Gasteiger partial charge in [0.05, 0.1) is 4.90 Å². The van der Waals surface area contributed by atoms with Crippen molar-refractivity contribution in [2.45, 2.75) is 50.7 Å². The Bertz CT molecular complexity index is 973. The Morgan fingerprint density at radius 1 is 1.16 bits per heavy atom. The minimum absolute atomic E-state index is 0.231. The van der Waals surface area contributed by atoms with Crippen LogP contribution in [0.25, 0.3) is 10.8 Å². The number of alkyl carbamates (subject to hydrolysis) is 1. The second kappa shape index (κ2) is 9.62. The summed E-state index contributed by atoms with van der Waals surface area (Å²) < 4.78 is 29.2. The van der Waals surface area contributed by atoms with Crippen LogP contribution < -0.4 is 5.32 Å². The van der Waals surface area contributed by atoms with Gasteiger partial charge in [0, 0.05) is 49.3 Å². The SMILES string of the molecule is C[C@@H](NC(=O)OC(C)(C)C)C(=O)N1CCCN(S(O)(O)c2cccc3cnccc23)CC1. The molecule has 0 spiro atoms. The zero-order valence-corrected chi connectivity index (χ0v) is 19.8. The number of nitrogens with zero attached hydrogens (tertiary/aromatic N) is 3. The van der Waals surface area contributed by atoms with Crippen LogP contribution in [0.15, 0.2) is 41.6 Å². The van der Waals surface area contributed by atoms with Gasteiger partial charge in [-0.1, -0.05) is 12.1 Å². The fraction of sp³-hybridized carbons (Fsp3) is 0.500. The molecule has 0 bridgehead atoms. The molecule has 0 radical (unpaired) electrons. The van der Waals surface area contributed by atoms with E-state index in [4.69, 9.17) is 4.74 Å². The smallest absolute Gasteiger partial charge is 0.408 e. The predicted octanol–water partition coefficient (Wildman–Crippen LogP) is 3.71. The van der Waals surface area contributed by atoms with Crippen LogP contribution in [0.1, 0.15) is 34.1 Å². The lowest BCUT2D eigenvalue weighted by molar-refractivity contribution is -0.132. The number of carbonyl (C=O) groups is 2. The van der Waals surface area contributed by atoms with Crippen molar-refractivity contribution in [3.63, 3.8) is 0 Å². The van der Waals surface area contributed by atoms with Crippen molar-refractivity contribution in [2.75, 3.05) is 26.2 Å². The molecule has 1 saturated heterocycles. The molecular formula is C22H32N4O5S. The molecule has 3 N–H and O–H groups in total. The topological polar surface area (TPSA) is 115 Å². The van der Waals surface area contributed by atoms with Gasteiger partial charge in [0.25, 0.3) is 0 Å². The summed E-state index contributed by atoms with van der Waals surface area (Å²) in [6.45, 7) is 8.41. The average Bonchev–Trinajstić information content (AvgIpc) is 2.98. The number of aromatic nitrogens is 1. The monoisotopic (exact) mass is 464 g/mol. The molecule has 1 atom stereocenters. The molecule has 3 rings (SSSR count). The number of fused-ring (bicyclic) bond motifs is 1. The van der Waals surface area contributed by atoms with E-state index in [0.717, 1.165) is 10.8 Å². The summed E-state index contributed by atoms with van der Waals surface area (Å²) in [6.07, 6.45) is 3.25. The summed E-state index contributed by atoms with van der Waals surface area (Å²) in [6, 6.07) is 6.41. The number of nitrogens with one attached hydrogen (secondary N) is 1. The number of pyridine rings is 1. The van der Waals surface area contributed by atoms with Gasteiger partial charge >= 0.3 is 6.09 Å². The molecule has 0 saturated carbocycles. The predicted molar refractivity (Wildman–Crippen MR) is 124 cm³/mol. The van der Waals surface area contributed by atoms with Gasteiger partial charge in [-0.3, -0.25) is 18.9 Å². The molecule has 2 heterocycles. The van der Waals surface area contributed by atoms with Crippen molar-refractivity contribution in [3.05, 3.63) is 36.7 Å². The average molecular weight is 465 g/mol. The van der Waals surface area contributed by atoms with Crippen molar-refractivity contribution in [1.29, 1.82) is 0 Å². The summed E-state index contributed by atoms with van der Waals surface area (Å²) in [5, 5.41) is 4.15. The Kier molecular flexibility index (Phi) is 7.29. The number of carbonyl (C=O) groups excluding carboxylic acids is 2. The molecule has 2 amide bonds. The molecule has 176 valence electrons. The van der Waals surface area contributed by atoms with Crippen molar-refractivity contribution < 1.29 is 23.4 Å². The molecule has 0 unspecified atom stereocenters. The molecular weight excluding hydrogens is 432 g/mol. The van der Waals surface area contributed by atoms with Crippen molar-refractivity contribution in [3.8, 4) is 0 Å². The minimum Gasteiger partial charge on any atom is -0.444 e. The highest BCUT2D eigenvalue weighted by Crippen LogP contribution is 2.54. The Morgan fingerprint density at radius 2 is 1.91 bits per heavy atom. The van der Waals surface area contributed by atoms with E-state index in [1.54, 1.807) is 67.5 Å². The van der Waals surface area contributed by atoms with E-state index in [9.17, 15) is 18.7 Å². The summed E-state index contributed by atoms with van der Waals surface area (Å²) in [4.78, 5) is 31.1. The van der Waals surface area contributed by atoms with Crippen LogP contribution in [-0.4, -0.2) is 73.1 Å². The molecule has 1 fully saturated rings. The lowest BCUT2D eigenvalue weighted by atomic mass is 10.2.